The van der Waals surface area contributed by atoms with E-state index in [4.69, 9.17) is 0 Å². The van der Waals surface area contributed by atoms with Crippen LogP contribution in [-0.4, -0.2) is 37.1 Å². The molecule has 0 spiro atoms. The highest BCUT2D eigenvalue weighted by Gasteiger charge is 2.18. The highest BCUT2D eigenvalue weighted by atomic mass is 32.1. The third-order valence-electron chi connectivity index (χ3n) is 3.50. The molecule has 3 heteroatoms. The lowest BCUT2D eigenvalue weighted by Crippen LogP contribution is -2.40. The Morgan fingerprint density at radius 3 is 3.12 bits per heavy atom. The Hall–Kier alpha value is -0.380. The maximum absolute atomic E-state index is 3.56. The Balaban J connectivity index is 1.77. The zero-order valence-corrected chi connectivity index (χ0v) is 11.1. The van der Waals surface area contributed by atoms with E-state index in [2.05, 4.69) is 41.7 Å². The number of rotatable bonds is 5. The zero-order chi connectivity index (χ0) is 11.4. The summed E-state index contributed by atoms with van der Waals surface area (Å²) in [6, 6.07) is 5.74. The van der Waals surface area contributed by atoms with Crippen LogP contribution < -0.4 is 5.32 Å². The predicted molar refractivity (Wildman–Crippen MR) is 71.1 cm³/mol. The van der Waals surface area contributed by atoms with Gasteiger partial charge in [-0.3, -0.25) is 0 Å². The summed E-state index contributed by atoms with van der Waals surface area (Å²) in [5.41, 5.74) is 0. The first-order valence-corrected chi connectivity index (χ1v) is 7.09. The standard InChI is InChI=1S/C13H22N2S/c1-11(9-13-6-4-8-16-13)15(2)10-12-5-3-7-14-12/h4,6,8,11-12,14H,3,5,7,9-10H2,1-2H3. The Kier molecular flexibility index (Phi) is 4.38. The number of nitrogens with zero attached hydrogens (tertiary/aromatic N) is 1. The molecule has 0 aliphatic carbocycles. The first kappa shape index (κ1) is 12.1. The summed E-state index contributed by atoms with van der Waals surface area (Å²) in [6.45, 7) is 4.72. The lowest BCUT2D eigenvalue weighted by atomic mass is 10.1. The molecular formula is C13H22N2S. The van der Waals surface area contributed by atoms with Crippen LogP contribution in [0.4, 0.5) is 0 Å². The average molecular weight is 238 g/mol. The van der Waals surface area contributed by atoms with Gasteiger partial charge in [-0.2, -0.15) is 0 Å². The first-order valence-electron chi connectivity index (χ1n) is 6.21. The molecule has 16 heavy (non-hydrogen) atoms. The molecule has 90 valence electrons. The fourth-order valence-corrected chi connectivity index (χ4v) is 3.14. The molecular weight excluding hydrogens is 216 g/mol. The highest BCUT2D eigenvalue weighted by molar-refractivity contribution is 7.09. The zero-order valence-electron chi connectivity index (χ0n) is 10.3. The van der Waals surface area contributed by atoms with Crippen LogP contribution in [-0.2, 0) is 6.42 Å². The SMILES string of the molecule is CC(Cc1cccs1)N(C)CC1CCCN1. The fraction of sp³-hybridized carbons (Fsp3) is 0.692. The van der Waals surface area contributed by atoms with Gasteiger partial charge in [-0.25, -0.2) is 0 Å². The molecule has 2 rings (SSSR count). The van der Waals surface area contributed by atoms with Gasteiger partial charge in [-0.1, -0.05) is 6.07 Å². The lowest BCUT2D eigenvalue weighted by molar-refractivity contribution is 0.235. The molecule has 0 aromatic carbocycles. The molecule has 0 saturated carbocycles. The van der Waals surface area contributed by atoms with Crippen LogP contribution >= 0.6 is 11.3 Å². The van der Waals surface area contributed by atoms with E-state index in [0.29, 0.717) is 6.04 Å². The van der Waals surface area contributed by atoms with Gasteiger partial charge in [-0.15, -0.1) is 11.3 Å². The van der Waals surface area contributed by atoms with Crippen molar-refractivity contribution < 1.29 is 0 Å². The second-order valence-electron chi connectivity index (χ2n) is 4.87. The molecule has 2 nitrogen and oxygen atoms in total. The monoisotopic (exact) mass is 238 g/mol. The molecule has 1 fully saturated rings. The maximum Gasteiger partial charge on any atom is 0.0195 e. The van der Waals surface area contributed by atoms with E-state index in [-0.39, 0.29) is 0 Å². The van der Waals surface area contributed by atoms with E-state index in [1.807, 2.05) is 11.3 Å². The molecule has 0 amide bonds. The van der Waals surface area contributed by atoms with Crippen molar-refractivity contribution >= 4 is 11.3 Å². The van der Waals surface area contributed by atoms with Crippen molar-refractivity contribution in [3.63, 3.8) is 0 Å². The van der Waals surface area contributed by atoms with Crippen molar-refractivity contribution in [1.29, 1.82) is 0 Å². The van der Waals surface area contributed by atoms with Crippen LogP contribution in [0.5, 0.6) is 0 Å². The van der Waals surface area contributed by atoms with Crippen molar-refractivity contribution in [3.8, 4) is 0 Å². The van der Waals surface area contributed by atoms with Crippen molar-refractivity contribution in [2.24, 2.45) is 0 Å². The van der Waals surface area contributed by atoms with Crippen LogP contribution in [0.1, 0.15) is 24.6 Å². The molecule has 1 aliphatic rings. The normalized spacial score (nSPS) is 22.8. The van der Waals surface area contributed by atoms with Crippen molar-refractivity contribution in [2.45, 2.75) is 38.3 Å². The molecule has 0 radical (unpaired) electrons. The molecule has 1 aromatic rings. The van der Waals surface area contributed by atoms with E-state index < -0.39 is 0 Å². The fourth-order valence-electron chi connectivity index (χ4n) is 2.32. The molecule has 1 N–H and O–H groups in total. The molecule has 2 unspecified atom stereocenters. The van der Waals surface area contributed by atoms with Gasteiger partial charge in [0.25, 0.3) is 0 Å². The van der Waals surface area contributed by atoms with Gasteiger partial charge in [0.15, 0.2) is 0 Å². The van der Waals surface area contributed by atoms with E-state index in [1.165, 1.54) is 37.2 Å². The second-order valence-corrected chi connectivity index (χ2v) is 5.90. The van der Waals surface area contributed by atoms with Gasteiger partial charge >= 0.3 is 0 Å². The Morgan fingerprint density at radius 2 is 2.50 bits per heavy atom. The summed E-state index contributed by atoms with van der Waals surface area (Å²) in [5, 5.41) is 5.73. The third-order valence-corrected chi connectivity index (χ3v) is 4.40. The molecule has 1 saturated heterocycles. The molecule has 2 atom stereocenters. The Morgan fingerprint density at radius 1 is 1.62 bits per heavy atom. The molecule has 1 aromatic heterocycles. The summed E-state index contributed by atoms with van der Waals surface area (Å²) in [6.07, 6.45) is 3.87. The first-order chi connectivity index (χ1) is 7.75. The second kappa shape index (κ2) is 5.80. The number of nitrogens with one attached hydrogen (secondary N) is 1. The predicted octanol–water partition coefficient (Wildman–Crippen LogP) is 2.36. The van der Waals surface area contributed by atoms with Gasteiger partial charge in [-0.05, 0) is 51.2 Å². The van der Waals surface area contributed by atoms with Crippen LogP contribution in [0.15, 0.2) is 17.5 Å². The smallest absolute Gasteiger partial charge is 0.0195 e. The van der Waals surface area contributed by atoms with Gasteiger partial charge in [0, 0.05) is 23.5 Å². The largest absolute Gasteiger partial charge is 0.313 e. The van der Waals surface area contributed by atoms with E-state index >= 15 is 0 Å². The van der Waals surface area contributed by atoms with E-state index in [0.717, 1.165) is 6.04 Å². The molecule has 1 aliphatic heterocycles. The van der Waals surface area contributed by atoms with Crippen LogP contribution in [0.3, 0.4) is 0 Å². The minimum absolute atomic E-state index is 0.640. The van der Waals surface area contributed by atoms with Crippen LogP contribution in [0.25, 0.3) is 0 Å². The van der Waals surface area contributed by atoms with Gasteiger partial charge in [0.1, 0.15) is 0 Å². The number of hydrogen-bond donors (Lipinski definition) is 1. The highest BCUT2D eigenvalue weighted by Crippen LogP contribution is 2.14. The van der Waals surface area contributed by atoms with Gasteiger partial charge in [0.2, 0.25) is 0 Å². The van der Waals surface area contributed by atoms with Gasteiger partial charge in [0.05, 0.1) is 0 Å². The number of thiophene rings is 1. The van der Waals surface area contributed by atoms with E-state index in [9.17, 15) is 0 Å². The average Bonchev–Trinajstić information content (AvgIpc) is 2.90. The Labute approximate surface area is 103 Å². The summed E-state index contributed by atoms with van der Waals surface area (Å²) in [4.78, 5) is 3.99. The van der Waals surface area contributed by atoms with E-state index in [1.54, 1.807) is 0 Å². The summed E-state index contributed by atoms with van der Waals surface area (Å²) in [5.74, 6) is 0. The van der Waals surface area contributed by atoms with Crippen LogP contribution in [0.2, 0.25) is 0 Å². The number of likely N-dealkylation sites (N-methyl/N-ethyl adjacent to an activating group) is 1. The van der Waals surface area contributed by atoms with Crippen molar-refractivity contribution in [3.05, 3.63) is 22.4 Å². The minimum atomic E-state index is 0.640. The number of hydrogen-bond acceptors (Lipinski definition) is 3. The lowest BCUT2D eigenvalue weighted by Gasteiger charge is -2.27. The van der Waals surface area contributed by atoms with Crippen molar-refractivity contribution in [1.82, 2.24) is 10.2 Å². The molecule has 2 heterocycles. The third kappa shape index (κ3) is 3.30. The van der Waals surface area contributed by atoms with Gasteiger partial charge < -0.3 is 10.2 Å². The minimum Gasteiger partial charge on any atom is -0.313 e. The summed E-state index contributed by atoms with van der Waals surface area (Å²) >= 11 is 1.87. The molecule has 0 bridgehead atoms. The Bertz CT molecular complexity index is 291. The van der Waals surface area contributed by atoms with Crippen LogP contribution in [0, 0.1) is 0 Å². The van der Waals surface area contributed by atoms with Crippen molar-refractivity contribution in [2.75, 3.05) is 20.1 Å². The topological polar surface area (TPSA) is 15.3 Å². The maximum atomic E-state index is 3.56. The quantitative estimate of drug-likeness (QED) is 0.847. The summed E-state index contributed by atoms with van der Waals surface area (Å²) in [7, 11) is 2.25. The summed E-state index contributed by atoms with van der Waals surface area (Å²) < 4.78 is 0.